The molecule has 2 aromatic carbocycles. The van der Waals surface area contributed by atoms with Crippen LogP contribution in [-0.2, 0) is 4.43 Å². The minimum atomic E-state index is -2.44. The van der Waals surface area contributed by atoms with Crippen molar-refractivity contribution in [1.29, 1.82) is 0 Å². The normalized spacial score (nSPS) is 23.5. The van der Waals surface area contributed by atoms with Gasteiger partial charge >= 0.3 is 0 Å². The van der Waals surface area contributed by atoms with E-state index in [1.807, 2.05) is 0 Å². The van der Waals surface area contributed by atoms with Crippen molar-refractivity contribution in [1.82, 2.24) is 0 Å². The molecule has 3 nitrogen and oxygen atoms in total. The molecule has 2 aromatic rings. The van der Waals surface area contributed by atoms with Gasteiger partial charge in [-0.15, -0.1) is 0 Å². The van der Waals surface area contributed by atoms with Crippen molar-refractivity contribution in [2.45, 2.75) is 56.7 Å². The van der Waals surface area contributed by atoms with E-state index < -0.39 is 8.32 Å². The molecule has 4 heteroatoms. The standard InChI is InChI=1S/C22H32N2OSi/c1-21(2,3)26(19-10-6-4-7-11-19,20-12-8-5-9-13-20)25-15-14-22(24)16-18(23)17-22/h4-13,18H,14-17,23-24H2,1-3H3/t18-,22-. The molecule has 26 heavy (non-hydrogen) atoms. The summed E-state index contributed by atoms with van der Waals surface area (Å²) in [6.07, 6.45) is 2.67. The van der Waals surface area contributed by atoms with Crippen molar-refractivity contribution in [3.8, 4) is 0 Å². The molecule has 0 radical (unpaired) electrons. The van der Waals surface area contributed by atoms with Gasteiger partial charge in [-0.05, 0) is 34.7 Å². The van der Waals surface area contributed by atoms with E-state index in [0.717, 1.165) is 19.3 Å². The van der Waals surface area contributed by atoms with Gasteiger partial charge < -0.3 is 15.9 Å². The van der Waals surface area contributed by atoms with Gasteiger partial charge in [0.15, 0.2) is 0 Å². The summed E-state index contributed by atoms with van der Waals surface area (Å²) >= 11 is 0. The zero-order valence-corrected chi connectivity index (χ0v) is 17.2. The molecule has 1 aliphatic carbocycles. The van der Waals surface area contributed by atoms with Crippen molar-refractivity contribution < 1.29 is 4.43 Å². The predicted molar refractivity (Wildman–Crippen MR) is 112 cm³/mol. The lowest BCUT2D eigenvalue weighted by Crippen LogP contribution is -2.67. The fraction of sp³-hybridized carbons (Fsp3) is 0.455. The van der Waals surface area contributed by atoms with Crippen molar-refractivity contribution in [2.24, 2.45) is 11.5 Å². The molecule has 0 saturated heterocycles. The van der Waals surface area contributed by atoms with Gasteiger partial charge in [0.1, 0.15) is 0 Å². The van der Waals surface area contributed by atoms with E-state index in [9.17, 15) is 0 Å². The molecular formula is C22H32N2OSi. The fourth-order valence-corrected chi connectivity index (χ4v) is 8.92. The van der Waals surface area contributed by atoms with Crippen molar-refractivity contribution in [3.63, 3.8) is 0 Å². The molecule has 0 heterocycles. The first kappa shape index (κ1) is 19.3. The Morgan fingerprint density at radius 2 is 1.42 bits per heavy atom. The predicted octanol–water partition coefficient (Wildman–Crippen LogP) is 2.77. The lowest BCUT2D eigenvalue weighted by molar-refractivity contribution is 0.155. The van der Waals surface area contributed by atoms with E-state index in [4.69, 9.17) is 15.9 Å². The van der Waals surface area contributed by atoms with E-state index in [2.05, 4.69) is 81.4 Å². The van der Waals surface area contributed by atoms with Gasteiger partial charge in [-0.1, -0.05) is 81.4 Å². The van der Waals surface area contributed by atoms with Crippen LogP contribution in [0.2, 0.25) is 5.04 Å². The molecular weight excluding hydrogens is 336 g/mol. The average Bonchev–Trinajstić information content (AvgIpc) is 2.58. The quantitative estimate of drug-likeness (QED) is 0.771. The molecule has 0 spiro atoms. The maximum absolute atomic E-state index is 6.89. The summed E-state index contributed by atoms with van der Waals surface area (Å²) in [4.78, 5) is 0. The van der Waals surface area contributed by atoms with E-state index in [0.29, 0.717) is 6.61 Å². The van der Waals surface area contributed by atoms with Crippen LogP contribution in [0.15, 0.2) is 60.7 Å². The largest absolute Gasteiger partial charge is 0.407 e. The number of hydrogen-bond acceptors (Lipinski definition) is 3. The van der Waals surface area contributed by atoms with Crippen LogP contribution >= 0.6 is 0 Å². The van der Waals surface area contributed by atoms with Crippen LogP contribution < -0.4 is 21.8 Å². The zero-order valence-electron chi connectivity index (χ0n) is 16.2. The first-order chi connectivity index (χ1) is 12.3. The molecule has 1 saturated carbocycles. The van der Waals surface area contributed by atoms with E-state index in [-0.39, 0.29) is 16.6 Å². The minimum Gasteiger partial charge on any atom is -0.407 e. The highest BCUT2D eigenvalue weighted by atomic mass is 28.4. The van der Waals surface area contributed by atoms with Gasteiger partial charge in [0.05, 0.1) is 0 Å². The highest BCUT2D eigenvalue weighted by Gasteiger charge is 2.50. The lowest BCUT2D eigenvalue weighted by Gasteiger charge is -2.46. The second-order valence-corrected chi connectivity index (χ2v) is 13.1. The Labute approximate surface area is 158 Å². The molecule has 1 fully saturated rings. The van der Waals surface area contributed by atoms with Gasteiger partial charge in [-0.25, -0.2) is 0 Å². The van der Waals surface area contributed by atoms with Crippen LogP contribution in [0.3, 0.4) is 0 Å². The Morgan fingerprint density at radius 1 is 0.962 bits per heavy atom. The molecule has 0 bridgehead atoms. The Hall–Kier alpha value is -1.46. The van der Waals surface area contributed by atoms with Gasteiger partial charge in [0, 0.05) is 18.2 Å². The maximum atomic E-state index is 6.89. The lowest BCUT2D eigenvalue weighted by atomic mass is 9.72. The Bertz CT molecular complexity index is 666. The summed E-state index contributed by atoms with van der Waals surface area (Å²) in [6.45, 7) is 7.58. The summed E-state index contributed by atoms with van der Waals surface area (Å²) in [5.74, 6) is 0. The van der Waals surface area contributed by atoms with Crippen molar-refractivity contribution in [3.05, 3.63) is 60.7 Å². The summed E-state index contributed by atoms with van der Waals surface area (Å²) in [5, 5.41) is 2.64. The zero-order chi connectivity index (χ0) is 18.8. The monoisotopic (exact) mass is 368 g/mol. The molecule has 0 unspecified atom stereocenters. The van der Waals surface area contributed by atoms with Crippen LogP contribution in [0.4, 0.5) is 0 Å². The number of nitrogens with two attached hydrogens (primary N) is 2. The molecule has 4 N–H and O–H groups in total. The molecule has 0 aliphatic heterocycles. The summed E-state index contributed by atoms with van der Waals surface area (Å²) in [6, 6.07) is 21.8. The van der Waals surface area contributed by atoms with Crippen LogP contribution in [0.1, 0.15) is 40.0 Å². The number of benzene rings is 2. The average molecular weight is 369 g/mol. The third kappa shape index (κ3) is 3.65. The molecule has 0 amide bonds. The van der Waals surface area contributed by atoms with Gasteiger partial charge in [0.25, 0.3) is 8.32 Å². The van der Waals surface area contributed by atoms with Gasteiger partial charge in [0.2, 0.25) is 0 Å². The van der Waals surface area contributed by atoms with Crippen LogP contribution in [0.5, 0.6) is 0 Å². The summed E-state index contributed by atoms with van der Waals surface area (Å²) in [5.41, 5.74) is 12.3. The van der Waals surface area contributed by atoms with Crippen LogP contribution in [-0.4, -0.2) is 26.5 Å². The first-order valence-electron chi connectivity index (χ1n) is 9.56. The van der Waals surface area contributed by atoms with E-state index in [1.54, 1.807) is 0 Å². The van der Waals surface area contributed by atoms with E-state index in [1.165, 1.54) is 10.4 Å². The van der Waals surface area contributed by atoms with Crippen LogP contribution in [0, 0.1) is 0 Å². The molecule has 0 atom stereocenters. The highest BCUT2D eigenvalue weighted by Crippen LogP contribution is 2.38. The van der Waals surface area contributed by atoms with Crippen molar-refractivity contribution >= 4 is 18.7 Å². The SMILES string of the molecule is CC(C)(C)[Si](OCC[C@]1(N)C[C@H](N)C1)(c1ccccc1)c1ccccc1. The minimum absolute atomic E-state index is 0.00743. The van der Waals surface area contributed by atoms with Gasteiger partial charge in [-0.3, -0.25) is 0 Å². The fourth-order valence-electron chi connectivity index (χ4n) is 4.36. The summed E-state index contributed by atoms with van der Waals surface area (Å²) < 4.78 is 6.89. The third-order valence-electron chi connectivity index (χ3n) is 5.67. The van der Waals surface area contributed by atoms with Gasteiger partial charge in [-0.2, -0.15) is 0 Å². The first-order valence-corrected chi connectivity index (χ1v) is 11.5. The number of rotatable bonds is 6. The highest BCUT2D eigenvalue weighted by molar-refractivity contribution is 6.99. The van der Waals surface area contributed by atoms with Crippen molar-refractivity contribution in [2.75, 3.05) is 6.61 Å². The second-order valence-electron chi connectivity index (χ2n) is 8.79. The number of hydrogen-bond donors (Lipinski definition) is 2. The smallest absolute Gasteiger partial charge is 0.261 e. The van der Waals surface area contributed by atoms with E-state index >= 15 is 0 Å². The Balaban J connectivity index is 1.95. The molecule has 1 aliphatic rings. The maximum Gasteiger partial charge on any atom is 0.261 e. The Kier molecular flexibility index (Phi) is 5.40. The second kappa shape index (κ2) is 7.28. The topological polar surface area (TPSA) is 61.3 Å². The Morgan fingerprint density at radius 3 is 1.81 bits per heavy atom. The molecule has 140 valence electrons. The van der Waals surface area contributed by atoms with Crippen LogP contribution in [0.25, 0.3) is 0 Å². The third-order valence-corrected chi connectivity index (χ3v) is 10.7. The summed E-state index contributed by atoms with van der Waals surface area (Å²) in [7, 11) is -2.44. The molecule has 0 aromatic heterocycles. The molecule has 3 rings (SSSR count).